The number of benzene rings is 1. The van der Waals surface area contributed by atoms with Gasteiger partial charge in [-0.2, -0.15) is 0 Å². The number of hydrogen-bond acceptors (Lipinski definition) is 3. The summed E-state index contributed by atoms with van der Waals surface area (Å²) in [6.07, 6.45) is 1.70. The topological polar surface area (TPSA) is 57.4 Å². The number of fused-ring (bicyclic) bond motifs is 1. The first-order chi connectivity index (χ1) is 8.75. The Morgan fingerprint density at radius 1 is 1.06 bits per heavy atom. The second-order valence-electron chi connectivity index (χ2n) is 3.92. The maximum Gasteiger partial charge on any atom is 0.137 e. The summed E-state index contributed by atoms with van der Waals surface area (Å²) in [6.45, 7) is 0. The molecule has 0 aliphatic heterocycles. The average molecular weight is 237 g/mol. The van der Waals surface area contributed by atoms with Gasteiger partial charge in [-0.3, -0.25) is 4.40 Å². The summed E-state index contributed by atoms with van der Waals surface area (Å²) in [7, 11) is 0. The molecule has 0 aliphatic carbocycles. The van der Waals surface area contributed by atoms with Crippen molar-refractivity contribution in [3.8, 4) is 11.3 Å². The lowest BCUT2D eigenvalue weighted by atomic mass is 10.2. The number of hydrogen-bond donors (Lipinski definition) is 0. The lowest BCUT2D eigenvalue weighted by Crippen LogP contribution is -2.24. The summed E-state index contributed by atoms with van der Waals surface area (Å²) in [5.74, 6) is -1.21. The Labute approximate surface area is 103 Å². The van der Waals surface area contributed by atoms with E-state index in [2.05, 4.69) is 4.98 Å². The van der Waals surface area contributed by atoms with E-state index in [9.17, 15) is 9.90 Å². The van der Waals surface area contributed by atoms with Gasteiger partial charge in [-0.25, -0.2) is 4.98 Å². The van der Waals surface area contributed by atoms with Gasteiger partial charge in [0.1, 0.15) is 5.65 Å². The molecule has 0 saturated heterocycles. The van der Waals surface area contributed by atoms with Crippen LogP contribution in [0.15, 0.2) is 54.7 Å². The van der Waals surface area contributed by atoms with Crippen LogP contribution in [-0.4, -0.2) is 15.4 Å². The molecule has 88 valence electrons. The number of rotatable bonds is 2. The molecule has 0 unspecified atom stereocenters. The van der Waals surface area contributed by atoms with Crippen LogP contribution < -0.4 is 5.11 Å². The predicted octanol–water partition coefficient (Wildman–Crippen LogP) is 1.36. The molecule has 1 aromatic carbocycles. The smallest absolute Gasteiger partial charge is 0.137 e. The highest BCUT2D eigenvalue weighted by atomic mass is 16.4. The summed E-state index contributed by atoms with van der Waals surface area (Å²) in [4.78, 5) is 15.4. The second-order valence-corrected chi connectivity index (χ2v) is 3.92. The number of carbonyl (C=O) groups excluding carboxylic acids is 1. The van der Waals surface area contributed by atoms with Crippen LogP contribution in [0.2, 0.25) is 0 Å². The predicted molar refractivity (Wildman–Crippen MR) is 65.0 cm³/mol. The molecule has 0 saturated carbocycles. The first-order valence-corrected chi connectivity index (χ1v) is 5.50. The van der Waals surface area contributed by atoms with Crippen LogP contribution in [0, 0.1) is 0 Å². The van der Waals surface area contributed by atoms with Crippen LogP contribution in [0.3, 0.4) is 0 Å². The molecule has 0 bridgehead atoms. The van der Waals surface area contributed by atoms with Crippen molar-refractivity contribution in [2.24, 2.45) is 0 Å². The van der Waals surface area contributed by atoms with Gasteiger partial charge in [0.2, 0.25) is 0 Å². The Balaban J connectivity index is 2.23. The summed E-state index contributed by atoms with van der Waals surface area (Å²) in [6, 6.07) is 14.5. The average Bonchev–Trinajstić information content (AvgIpc) is 2.83. The van der Waals surface area contributed by atoms with E-state index < -0.39 is 5.97 Å². The van der Waals surface area contributed by atoms with E-state index in [0.717, 1.165) is 11.3 Å². The van der Waals surface area contributed by atoms with E-state index in [1.54, 1.807) is 18.3 Å². The molecular formula is C14H9N2O2-. The molecule has 18 heavy (non-hydrogen) atoms. The molecule has 3 aromatic rings. The Morgan fingerprint density at radius 2 is 1.83 bits per heavy atom. The zero-order chi connectivity index (χ0) is 12.5. The largest absolute Gasteiger partial charge is 0.543 e. The summed E-state index contributed by atoms with van der Waals surface area (Å²) in [5, 5.41) is 11.0. The molecule has 0 atom stereocenters. The van der Waals surface area contributed by atoms with E-state index in [4.69, 9.17) is 0 Å². The number of carboxylic acids is 1. The van der Waals surface area contributed by atoms with Gasteiger partial charge in [-0.1, -0.05) is 36.4 Å². The molecule has 0 N–H and O–H groups in total. The third-order valence-electron chi connectivity index (χ3n) is 2.77. The fraction of sp³-hybridized carbons (Fsp3) is 0. The van der Waals surface area contributed by atoms with Crippen molar-refractivity contribution in [2.75, 3.05) is 0 Å². The van der Waals surface area contributed by atoms with Crippen molar-refractivity contribution >= 4 is 11.6 Å². The van der Waals surface area contributed by atoms with E-state index >= 15 is 0 Å². The Kier molecular flexibility index (Phi) is 2.34. The van der Waals surface area contributed by atoms with Gasteiger partial charge in [0, 0.05) is 11.8 Å². The highest BCUT2D eigenvalue weighted by molar-refractivity contribution is 5.85. The maximum absolute atomic E-state index is 11.0. The molecule has 2 aromatic heterocycles. The number of imidazole rings is 1. The van der Waals surface area contributed by atoms with E-state index in [1.807, 2.05) is 30.3 Å². The number of pyridine rings is 1. The van der Waals surface area contributed by atoms with E-state index in [1.165, 1.54) is 10.5 Å². The lowest BCUT2D eigenvalue weighted by Gasteiger charge is -2.04. The van der Waals surface area contributed by atoms with Crippen molar-refractivity contribution < 1.29 is 9.90 Å². The normalized spacial score (nSPS) is 10.7. The lowest BCUT2D eigenvalue weighted by molar-refractivity contribution is -0.255. The molecule has 0 radical (unpaired) electrons. The van der Waals surface area contributed by atoms with Crippen LogP contribution in [0.4, 0.5) is 0 Å². The van der Waals surface area contributed by atoms with Gasteiger partial charge in [-0.15, -0.1) is 0 Å². The fourth-order valence-electron chi connectivity index (χ4n) is 1.93. The third-order valence-corrected chi connectivity index (χ3v) is 2.77. The van der Waals surface area contributed by atoms with Crippen molar-refractivity contribution in [3.05, 3.63) is 60.4 Å². The van der Waals surface area contributed by atoms with Gasteiger partial charge in [-0.05, 0) is 12.1 Å². The van der Waals surface area contributed by atoms with E-state index in [-0.39, 0.29) is 5.69 Å². The number of nitrogens with zero attached hydrogens (tertiary/aromatic N) is 2. The van der Waals surface area contributed by atoms with Crippen molar-refractivity contribution in [1.82, 2.24) is 9.38 Å². The first kappa shape index (κ1) is 10.5. The minimum atomic E-state index is -1.21. The number of aromatic nitrogens is 2. The Hall–Kier alpha value is -2.62. The molecule has 4 nitrogen and oxygen atoms in total. The van der Waals surface area contributed by atoms with Gasteiger partial charge in [0.25, 0.3) is 0 Å². The summed E-state index contributed by atoms with van der Waals surface area (Å²) >= 11 is 0. The van der Waals surface area contributed by atoms with Crippen LogP contribution >= 0.6 is 0 Å². The van der Waals surface area contributed by atoms with Crippen molar-refractivity contribution in [3.63, 3.8) is 0 Å². The zero-order valence-electron chi connectivity index (χ0n) is 9.41. The van der Waals surface area contributed by atoms with E-state index in [0.29, 0.717) is 5.65 Å². The monoisotopic (exact) mass is 237 g/mol. The number of carboxylic acid groups (broad SMARTS) is 1. The Morgan fingerprint density at radius 3 is 2.56 bits per heavy atom. The molecule has 0 fully saturated rings. The second kappa shape index (κ2) is 4.00. The molecule has 3 rings (SSSR count). The van der Waals surface area contributed by atoms with Gasteiger partial charge in [0.05, 0.1) is 17.4 Å². The third kappa shape index (κ3) is 1.64. The fourth-order valence-corrected chi connectivity index (χ4v) is 1.93. The summed E-state index contributed by atoms with van der Waals surface area (Å²) < 4.78 is 1.53. The number of carbonyl (C=O) groups is 1. The SMILES string of the molecule is O=C([O-])c1cccc2nc(-c3ccccc3)cn12. The summed E-state index contributed by atoms with van der Waals surface area (Å²) in [5.41, 5.74) is 2.38. The van der Waals surface area contributed by atoms with Crippen LogP contribution in [0.5, 0.6) is 0 Å². The van der Waals surface area contributed by atoms with Crippen molar-refractivity contribution in [1.29, 1.82) is 0 Å². The molecule has 4 heteroatoms. The van der Waals surface area contributed by atoms with Crippen LogP contribution in [0.25, 0.3) is 16.9 Å². The molecule has 0 amide bonds. The standard InChI is InChI=1S/C14H10N2O2/c17-14(18)12-7-4-8-13-15-11(9-16(12)13)10-5-2-1-3-6-10/h1-9H,(H,17,18)/p-1. The zero-order valence-corrected chi connectivity index (χ0v) is 9.41. The minimum Gasteiger partial charge on any atom is -0.543 e. The molecule has 0 aliphatic rings. The molecular weight excluding hydrogens is 228 g/mol. The first-order valence-electron chi connectivity index (χ1n) is 5.50. The van der Waals surface area contributed by atoms with Crippen molar-refractivity contribution in [2.45, 2.75) is 0 Å². The quantitative estimate of drug-likeness (QED) is 0.676. The number of aromatic carboxylic acids is 1. The van der Waals surface area contributed by atoms with Crippen LogP contribution in [0.1, 0.15) is 10.5 Å². The molecule has 0 spiro atoms. The highest BCUT2D eigenvalue weighted by Crippen LogP contribution is 2.19. The molecule has 2 heterocycles. The van der Waals surface area contributed by atoms with Crippen LogP contribution in [-0.2, 0) is 0 Å². The van der Waals surface area contributed by atoms with Gasteiger partial charge in [0.15, 0.2) is 0 Å². The Bertz CT molecular complexity index is 717. The maximum atomic E-state index is 11.0. The highest BCUT2D eigenvalue weighted by Gasteiger charge is 2.06. The minimum absolute atomic E-state index is 0.0992. The van der Waals surface area contributed by atoms with Gasteiger partial charge < -0.3 is 9.90 Å². The van der Waals surface area contributed by atoms with Gasteiger partial charge >= 0.3 is 0 Å².